The summed E-state index contributed by atoms with van der Waals surface area (Å²) in [6.45, 7) is -9.28. The highest BCUT2D eigenvalue weighted by atomic mass is 32.7. The van der Waals surface area contributed by atoms with Crippen LogP contribution in [-0.2, 0) is 44.2 Å². The Morgan fingerprint density at radius 1 is 0.867 bits per heavy atom. The number of ether oxygens (including phenoxy) is 3. The number of nitrogens with two attached hydrogens (primary N) is 2. The molecule has 0 amide bonds. The number of nitrogens with zero attached hydrogens (tertiary/aromatic N) is 8. The zero-order chi connectivity index (χ0) is 31.7. The Labute approximate surface area is 261 Å². The standard InChI is InChI=1S/C21H24F2N10O8P2S2/c22-10-14-8(39-20(10)32-5-30-12-16(24)26-3-28-18(12)32)2-38-43(35,45)41-15-9(1-37-42(34,44)7-36-14)40-21(11(15)23)33-6-31-13-17(25)27-4-29-19(13)33/h3-6,8-11,14-15,20-21H,1-2,7H2,(H,34,44)(H,35,45)(H2,24,26,28)(H2,25,27,29)/t8-,9-,10+,11+,14?,15?,20-,21-,42?,43?/m1/s1. The van der Waals surface area contributed by atoms with Crippen LogP contribution in [0.3, 0.4) is 0 Å². The van der Waals surface area contributed by atoms with Crippen molar-refractivity contribution in [3.05, 3.63) is 25.3 Å². The molecule has 5 N–H and O–H groups in total. The molecule has 0 saturated carbocycles. The fourth-order valence-electron chi connectivity index (χ4n) is 5.30. The molecular formula is C21H24F2N10O8P2S2. The van der Waals surface area contributed by atoms with E-state index in [2.05, 4.69) is 42.2 Å². The van der Waals surface area contributed by atoms with Crippen molar-refractivity contribution < 1.29 is 46.0 Å². The minimum absolute atomic E-state index is 0.0633. The van der Waals surface area contributed by atoms with Crippen LogP contribution in [0.5, 0.6) is 0 Å². The molecule has 0 bridgehead atoms. The van der Waals surface area contributed by atoms with Crippen LogP contribution in [0, 0.1) is 0 Å². The predicted octanol–water partition coefficient (Wildman–Crippen LogP) is 1.42. The number of imidazole rings is 2. The molecule has 24 heteroatoms. The first kappa shape index (κ1) is 31.1. The maximum atomic E-state index is 16.1. The number of alkyl halides is 2. The number of fused-ring (bicyclic) bond motifs is 4. The first-order valence-corrected chi connectivity index (χ1v) is 18.7. The Kier molecular flexibility index (Phi) is 8.05. The molecule has 4 aromatic rings. The highest BCUT2D eigenvalue weighted by molar-refractivity contribution is 8.46. The van der Waals surface area contributed by atoms with Crippen molar-refractivity contribution >= 4 is 71.3 Å². The van der Waals surface area contributed by atoms with E-state index in [4.69, 9.17) is 51.1 Å². The summed E-state index contributed by atoms with van der Waals surface area (Å²) in [7, 11) is 0. The lowest BCUT2D eigenvalue weighted by molar-refractivity contribution is -0.0539. The molecule has 4 unspecified atom stereocenters. The van der Waals surface area contributed by atoms with Crippen LogP contribution < -0.4 is 11.5 Å². The van der Waals surface area contributed by atoms with Crippen LogP contribution in [0.1, 0.15) is 12.5 Å². The number of halogens is 2. The summed E-state index contributed by atoms with van der Waals surface area (Å²) in [6, 6.07) is 0. The second-order valence-electron chi connectivity index (χ2n) is 10.2. The van der Waals surface area contributed by atoms with Gasteiger partial charge in [-0.2, -0.15) is 0 Å². The van der Waals surface area contributed by atoms with Crippen LogP contribution in [-0.4, -0.2) is 100 Å². The summed E-state index contributed by atoms with van der Waals surface area (Å²) in [6.07, 6.45) is -7.98. The van der Waals surface area contributed by atoms with E-state index in [0.29, 0.717) is 0 Å². The zero-order valence-corrected chi connectivity index (χ0v) is 26.1. The van der Waals surface area contributed by atoms with E-state index >= 15 is 8.78 Å². The monoisotopic (exact) mass is 708 g/mol. The third kappa shape index (κ3) is 5.71. The smallest absolute Gasteiger partial charge is 0.325 e. The zero-order valence-electron chi connectivity index (χ0n) is 22.6. The minimum Gasteiger partial charge on any atom is -0.382 e. The van der Waals surface area contributed by atoms with E-state index in [1.807, 2.05) is 0 Å². The number of nitrogen functional groups attached to an aromatic ring is 2. The third-order valence-corrected chi connectivity index (χ3v) is 10.7. The largest absolute Gasteiger partial charge is 0.382 e. The van der Waals surface area contributed by atoms with Gasteiger partial charge in [0.05, 0.1) is 25.9 Å². The van der Waals surface area contributed by atoms with Gasteiger partial charge in [-0.25, -0.2) is 38.7 Å². The van der Waals surface area contributed by atoms with Gasteiger partial charge in [-0.15, -0.1) is 0 Å². The summed E-state index contributed by atoms with van der Waals surface area (Å²) in [5.41, 5.74) is 12.5. The van der Waals surface area contributed by atoms with Crippen molar-refractivity contribution in [3.8, 4) is 0 Å². The topological polar surface area (TPSA) is 232 Å². The summed E-state index contributed by atoms with van der Waals surface area (Å²) < 4.78 is 81.9. The minimum atomic E-state index is -4.26. The highest BCUT2D eigenvalue weighted by Crippen LogP contribution is 2.55. The van der Waals surface area contributed by atoms with Gasteiger partial charge in [-0.3, -0.25) is 18.2 Å². The molecule has 3 aliphatic heterocycles. The molecule has 10 atom stereocenters. The number of anilines is 2. The van der Waals surface area contributed by atoms with Gasteiger partial charge in [-0.05, 0) is 11.8 Å². The molecule has 7 heterocycles. The summed E-state index contributed by atoms with van der Waals surface area (Å²) in [5.74, 6) is 0.134. The average molecular weight is 709 g/mol. The van der Waals surface area contributed by atoms with Gasteiger partial charge < -0.3 is 39.6 Å². The van der Waals surface area contributed by atoms with Crippen molar-refractivity contribution in [3.63, 3.8) is 0 Å². The van der Waals surface area contributed by atoms with E-state index in [1.54, 1.807) is 0 Å². The lowest BCUT2D eigenvalue weighted by Gasteiger charge is -2.25. The lowest BCUT2D eigenvalue weighted by atomic mass is 10.1. The van der Waals surface area contributed by atoms with E-state index in [9.17, 15) is 9.46 Å². The molecule has 0 aliphatic carbocycles. The van der Waals surface area contributed by atoms with Gasteiger partial charge in [0.1, 0.15) is 54.5 Å². The molecule has 3 fully saturated rings. The van der Waals surface area contributed by atoms with E-state index < -0.39 is 82.1 Å². The Hall–Kier alpha value is -2.49. The quantitative estimate of drug-likeness (QED) is 0.170. The van der Waals surface area contributed by atoms with E-state index in [-0.39, 0.29) is 34.0 Å². The van der Waals surface area contributed by atoms with Crippen LogP contribution in [0.4, 0.5) is 20.4 Å². The van der Waals surface area contributed by atoms with Crippen LogP contribution >= 0.6 is 25.5 Å². The van der Waals surface area contributed by atoms with Crippen molar-refractivity contribution in [1.29, 1.82) is 0 Å². The van der Waals surface area contributed by atoms with Gasteiger partial charge >= 0.3 is 6.72 Å². The number of rotatable bonds is 2. The fraction of sp³-hybridized carbons (Fsp3) is 0.524. The Morgan fingerprint density at radius 3 is 1.96 bits per heavy atom. The molecule has 18 nitrogen and oxygen atoms in total. The average Bonchev–Trinajstić information content (AvgIpc) is 3.75. The van der Waals surface area contributed by atoms with E-state index in [0.717, 1.165) is 0 Å². The molecule has 7 rings (SSSR count). The second kappa shape index (κ2) is 11.6. The first-order chi connectivity index (χ1) is 21.4. The molecule has 0 radical (unpaired) electrons. The molecule has 0 aromatic carbocycles. The van der Waals surface area contributed by atoms with Gasteiger partial charge in [0.15, 0.2) is 47.7 Å². The predicted molar refractivity (Wildman–Crippen MR) is 157 cm³/mol. The molecule has 3 saturated heterocycles. The van der Waals surface area contributed by atoms with Gasteiger partial charge in [-0.1, -0.05) is 12.2 Å². The molecule has 4 aromatic heterocycles. The fourth-order valence-corrected chi connectivity index (χ4v) is 7.95. The molecule has 0 spiro atoms. The van der Waals surface area contributed by atoms with Crippen molar-refractivity contribution in [2.45, 2.75) is 49.2 Å². The molecular weight excluding hydrogens is 684 g/mol. The number of hydrogen-bond donors (Lipinski definition) is 4. The Morgan fingerprint density at radius 2 is 1.38 bits per heavy atom. The number of aromatic nitrogens is 8. The van der Waals surface area contributed by atoms with Gasteiger partial charge in [0.2, 0.25) is 0 Å². The van der Waals surface area contributed by atoms with Crippen LogP contribution in [0.25, 0.3) is 22.3 Å². The van der Waals surface area contributed by atoms with Crippen LogP contribution in [0.15, 0.2) is 25.3 Å². The maximum Gasteiger partial charge on any atom is 0.325 e. The highest BCUT2D eigenvalue weighted by Gasteiger charge is 2.52. The molecule has 3 aliphatic rings. The van der Waals surface area contributed by atoms with Crippen molar-refractivity contribution in [1.82, 2.24) is 39.0 Å². The first-order valence-electron chi connectivity index (χ1n) is 13.1. The van der Waals surface area contributed by atoms with Crippen molar-refractivity contribution in [2.75, 3.05) is 31.0 Å². The third-order valence-electron chi connectivity index (χ3n) is 7.38. The van der Waals surface area contributed by atoms with Gasteiger partial charge in [0.25, 0.3) is 6.57 Å². The van der Waals surface area contributed by atoms with Gasteiger partial charge in [0, 0.05) is 0 Å². The normalized spacial score (nSPS) is 38.0. The summed E-state index contributed by atoms with van der Waals surface area (Å²) >= 11 is 9.29. The Bertz CT molecular complexity index is 1860. The molecule has 242 valence electrons. The SMILES string of the molecule is Nc1ncnc2c1ncn2[C@@H]1O[C@@H]2COP(O)(=S)OC3[C@@H](COP(=O)(S)COC2[C@@H]1F)O[C@@H](n1cnc2c(N)ncnc21)[C@H]3F. The maximum absolute atomic E-state index is 16.1. The second-order valence-corrected chi connectivity index (χ2v) is 16.6. The van der Waals surface area contributed by atoms with E-state index in [1.165, 1.54) is 34.4 Å². The number of thiol groups is 1. The number of hydrogen-bond acceptors (Lipinski definition) is 16. The summed E-state index contributed by atoms with van der Waals surface area (Å²) in [5, 5.41) is 0. The summed E-state index contributed by atoms with van der Waals surface area (Å²) in [4.78, 5) is 35.2. The van der Waals surface area contributed by atoms with Crippen molar-refractivity contribution in [2.24, 2.45) is 0 Å². The Balaban J connectivity index is 1.16. The van der Waals surface area contributed by atoms with Crippen LogP contribution in [0.2, 0.25) is 0 Å². The lowest BCUT2D eigenvalue weighted by Crippen LogP contribution is -2.35. The molecule has 45 heavy (non-hydrogen) atoms.